The third-order valence-corrected chi connectivity index (χ3v) is 11.3. The van der Waals surface area contributed by atoms with Crippen molar-refractivity contribution < 1.29 is 51.4 Å². The van der Waals surface area contributed by atoms with Crippen molar-refractivity contribution in [3.63, 3.8) is 0 Å². The van der Waals surface area contributed by atoms with E-state index < -0.39 is 57.0 Å². The van der Waals surface area contributed by atoms with Crippen LogP contribution in [-0.4, -0.2) is 67.8 Å². The van der Waals surface area contributed by atoms with Gasteiger partial charge >= 0.3 is 5.97 Å². The minimum atomic E-state index is -4.06. The summed E-state index contributed by atoms with van der Waals surface area (Å²) in [6.45, 7) is -0.542. The number of sulfonamides is 1. The van der Waals surface area contributed by atoms with Gasteiger partial charge in [-0.2, -0.15) is 0 Å². The predicted octanol–water partition coefficient (Wildman–Crippen LogP) is 5.63. The molecule has 55 heavy (non-hydrogen) atoms. The largest absolute Gasteiger partial charge is 0.507 e. The quantitative estimate of drug-likeness (QED) is 0.0667. The number of carboxylic acids is 1. The van der Waals surface area contributed by atoms with E-state index in [1.807, 2.05) is 0 Å². The third kappa shape index (κ3) is 8.46. The average Bonchev–Trinajstić information content (AvgIpc) is 3.77. The van der Waals surface area contributed by atoms with Crippen LogP contribution in [0.25, 0.3) is 28.1 Å². The van der Waals surface area contributed by atoms with Crippen molar-refractivity contribution in [1.29, 1.82) is 0 Å². The van der Waals surface area contributed by atoms with Crippen LogP contribution < -0.4 is 14.9 Å². The van der Waals surface area contributed by atoms with Crippen LogP contribution in [0.3, 0.4) is 0 Å². The minimum absolute atomic E-state index is 0.00406. The lowest BCUT2D eigenvalue weighted by molar-refractivity contribution is -0.146. The van der Waals surface area contributed by atoms with Gasteiger partial charge in [-0.3, -0.25) is 23.5 Å². The number of carbonyl (C=O) groups excluding carboxylic acids is 4. The van der Waals surface area contributed by atoms with Gasteiger partial charge in [0.15, 0.2) is 5.78 Å². The van der Waals surface area contributed by atoms with E-state index in [1.165, 1.54) is 49.5 Å². The second-order valence-corrected chi connectivity index (χ2v) is 16.0. The lowest BCUT2D eigenvalue weighted by atomic mass is 9.80. The number of carbonyl (C=O) groups is 5. The first kappa shape index (κ1) is 38.9. The number of rotatable bonds is 15. The Bertz CT molecular complexity index is 2340. The van der Waals surface area contributed by atoms with E-state index in [9.17, 15) is 41.9 Å². The van der Waals surface area contributed by atoms with Crippen LogP contribution in [0.2, 0.25) is 0 Å². The molecule has 4 N–H and O–H groups in total. The topological polar surface area (TPSA) is 200 Å². The molecule has 15 heteroatoms. The highest BCUT2D eigenvalue weighted by Crippen LogP contribution is 2.48. The van der Waals surface area contributed by atoms with E-state index in [-0.39, 0.29) is 52.9 Å². The maximum absolute atomic E-state index is 13.9. The van der Waals surface area contributed by atoms with Crippen LogP contribution >= 0.6 is 0 Å². The first-order chi connectivity index (χ1) is 26.1. The van der Waals surface area contributed by atoms with Crippen molar-refractivity contribution in [3.8, 4) is 11.3 Å². The van der Waals surface area contributed by atoms with E-state index in [4.69, 9.17) is 9.52 Å². The molecular formula is C40H40FN3O10S. The van der Waals surface area contributed by atoms with Crippen LogP contribution in [0.5, 0.6) is 0 Å². The van der Waals surface area contributed by atoms with Crippen LogP contribution in [-0.2, 0) is 35.7 Å². The Morgan fingerprint density at radius 1 is 1.00 bits per heavy atom. The van der Waals surface area contributed by atoms with E-state index in [0.717, 1.165) is 23.4 Å². The highest BCUT2D eigenvalue weighted by molar-refractivity contribution is 7.92. The fourth-order valence-electron chi connectivity index (χ4n) is 7.23. The number of anilines is 1. The lowest BCUT2D eigenvalue weighted by Crippen LogP contribution is -2.43. The number of nitrogens with one attached hydrogen (secondary N) is 2. The molecule has 0 bridgehead atoms. The molecule has 2 saturated carbocycles. The number of amides is 2. The number of aliphatic carboxylic acids is 1. The molecule has 3 aromatic carbocycles. The second-order valence-electron chi connectivity index (χ2n) is 14.1. The van der Waals surface area contributed by atoms with Gasteiger partial charge in [-0.1, -0.05) is 31.0 Å². The Hall–Kier alpha value is -5.83. The number of furan rings is 1. The normalized spacial score (nSPS) is 15.4. The summed E-state index contributed by atoms with van der Waals surface area (Å²) in [5.74, 6) is -5.19. The molecular weight excluding hydrogens is 734 g/mol. The molecule has 0 aliphatic heterocycles. The monoisotopic (exact) mass is 773 g/mol. The molecule has 2 fully saturated rings. The van der Waals surface area contributed by atoms with Crippen molar-refractivity contribution in [2.45, 2.75) is 57.4 Å². The number of hydrogen-bond acceptors (Lipinski definition) is 9. The molecule has 13 nitrogen and oxygen atoms in total. The predicted molar refractivity (Wildman–Crippen MR) is 201 cm³/mol. The number of nitrogens with zero attached hydrogens (tertiary/aromatic N) is 1. The fraction of sp³-hybridized carbons (Fsp3) is 0.325. The van der Waals surface area contributed by atoms with Gasteiger partial charge in [0.25, 0.3) is 11.7 Å². The third-order valence-electron chi connectivity index (χ3n) is 10.1. The smallest absolute Gasteiger partial charge is 0.376 e. The van der Waals surface area contributed by atoms with Gasteiger partial charge in [-0.05, 0) is 79.1 Å². The maximum Gasteiger partial charge on any atom is 0.376 e. The molecule has 2 aliphatic carbocycles. The molecule has 1 heterocycles. The van der Waals surface area contributed by atoms with E-state index in [1.54, 1.807) is 18.2 Å². The average molecular weight is 774 g/mol. The molecule has 2 aliphatic rings. The van der Waals surface area contributed by atoms with Crippen molar-refractivity contribution >= 4 is 61.8 Å². The zero-order chi connectivity index (χ0) is 39.7. The van der Waals surface area contributed by atoms with E-state index in [0.29, 0.717) is 53.8 Å². The number of hydrogen-bond donors (Lipinski definition) is 4. The van der Waals surface area contributed by atoms with Gasteiger partial charge in [0.2, 0.25) is 15.9 Å². The molecule has 1 aromatic heterocycles. The fourth-order valence-corrected chi connectivity index (χ4v) is 8.13. The molecule has 2 amide bonds. The number of aliphatic hydroxyl groups excluding tert-OH is 1. The van der Waals surface area contributed by atoms with Gasteiger partial charge in [-0.15, -0.1) is 0 Å². The summed E-state index contributed by atoms with van der Waals surface area (Å²) >= 11 is 0. The number of halogens is 1. The summed E-state index contributed by atoms with van der Waals surface area (Å²) in [5.41, 5.74) is 1.34. The highest BCUT2D eigenvalue weighted by Gasteiger charge is 2.43. The van der Waals surface area contributed by atoms with Crippen molar-refractivity contribution in [2.24, 2.45) is 5.41 Å². The van der Waals surface area contributed by atoms with E-state index in [2.05, 4.69) is 10.6 Å². The first-order valence-electron chi connectivity index (χ1n) is 17.7. The Labute approximate surface area is 316 Å². The Kier molecular flexibility index (Phi) is 11.0. The number of Topliss-reactive ketones (excluding diaryl/α,β-unsaturated/α-hetero) is 1. The standard InChI is InChI=1S/C40H40FN3O10S/c1-42-37(48)35-30-17-29(24-8-9-24)31(18-34(30)54-36(35)25-10-12-27(41)13-11-25)44(55(2,52)53)22-28(45)20-40(14-3-4-15-40)39(51)43-21-23-6-5-7-26(16-23)32(46)19-33(47)38(49)50/h5-7,10-13,16-19,24,46H,3-4,8-9,14-15,20-22H2,1-2H3,(H,42,48)(H,43,51)(H,49,50). The summed E-state index contributed by atoms with van der Waals surface area (Å²) in [5, 5.41) is 25.0. The minimum Gasteiger partial charge on any atom is -0.507 e. The first-order valence-corrected chi connectivity index (χ1v) is 19.6. The van der Waals surface area contributed by atoms with Gasteiger partial charge in [0, 0.05) is 48.7 Å². The van der Waals surface area contributed by atoms with Gasteiger partial charge < -0.3 is 25.3 Å². The zero-order valence-corrected chi connectivity index (χ0v) is 31.0. The van der Waals surface area contributed by atoms with Gasteiger partial charge in [-0.25, -0.2) is 17.6 Å². The Morgan fingerprint density at radius 2 is 1.69 bits per heavy atom. The number of benzene rings is 3. The number of aliphatic hydroxyl groups is 1. The molecule has 288 valence electrons. The van der Waals surface area contributed by atoms with Gasteiger partial charge in [0.1, 0.15) is 22.9 Å². The van der Waals surface area contributed by atoms with Crippen LogP contribution in [0, 0.1) is 11.2 Å². The molecule has 0 spiro atoms. The lowest BCUT2D eigenvalue weighted by Gasteiger charge is -2.29. The summed E-state index contributed by atoms with van der Waals surface area (Å²) in [6.07, 6.45) is 5.10. The second kappa shape index (κ2) is 15.5. The van der Waals surface area contributed by atoms with Crippen molar-refractivity contribution in [2.75, 3.05) is 24.2 Å². The van der Waals surface area contributed by atoms with Crippen molar-refractivity contribution in [3.05, 3.63) is 94.8 Å². The number of ketones is 2. The zero-order valence-electron chi connectivity index (χ0n) is 30.2. The van der Waals surface area contributed by atoms with Crippen molar-refractivity contribution in [1.82, 2.24) is 10.6 Å². The van der Waals surface area contributed by atoms with Crippen LogP contribution in [0.1, 0.15) is 77.9 Å². The van der Waals surface area contributed by atoms with Crippen LogP contribution in [0.4, 0.5) is 10.1 Å². The van der Waals surface area contributed by atoms with Gasteiger partial charge in [0.05, 0.1) is 29.5 Å². The summed E-state index contributed by atoms with van der Waals surface area (Å²) in [6, 6.07) is 14.9. The summed E-state index contributed by atoms with van der Waals surface area (Å²) in [4.78, 5) is 63.3. The van der Waals surface area contributed by atoms with Crippen LogP contribution in [0.15, 0.2) is 71.2 Å². The number of carboxylic acid groups (broad SMARTS) is 1. The van der Waals surface area contributed by atoms with E-state index >= 15 is 0 Å². The molecule has 0 radical (unpaired) electrons. The highest BCUT2D eigenvalue weighted by atomic mass is 32.2. The SMILES string of the molecule is CNC(=O)c1c(-c2ccc(F)cc2)oc2cc(N(CC(=O)CC3(C(=O)NCc4cccc(C(O)=CC(=O)C(=O)O)c4)CCCC3)S(C)(=O)=O)c(C3CC3)cc12. The molecule has 0 unspecified atom stereocenters. The molecule has 4 aromatic rings. The Morgan fingerprint density at radius 3 is 2.31 bits per heavy atom. The molecule has 6 rings (SSSR count). The molecule has 0 saturated heterocycles. The number of fused-ring (bicyclic) bond motifs is 1. The Balaban J connectivity index is 1.26. The molecule has 0 atom stereocenters. The summed E-state index contributed by atoms with van der Waals surface area (Å²) < 4.78 is 47.9. The summed E-state index contributed by atoms with van der Waals surface area (Å²) in [7, 11) is -2.59. The maximum atomic E-state index is 13.9.